The van der Waals surface area contributed by atoms with E-state index in [4.69, 9.17) is 14.2 Å². The van der Waals surface area contributed by atoms with Crippen molar-refractivity contribution in [1.82, 2.24) is 0 Å². The summed E-state index contributed by atoms with van der Waals surface area (Å²) in [5.41, 5.74) is 1.71. The van der Waals surface area contributed by atoms with Gasteiger partial charge in [0.15, 0.2) is 0 Å². The number of ether oxygens (including phenoxy) is 3. The van der Waals surface area contributed by atoms with Gasteiger partial charge in [-0.25, -0.2) is 0 Å². The first kappa shape index (κ1) is 10.1. The Morgan fingerprint density at radius 3 is 2.47 bits per heavy atom. The summed E-state index contributed by atoms with van der Waals surface area (Å²) in [5, 5.41) is 0. The number of rotatable bonds is 3. The maximum Gasteiger partial charge on any atom is 0.234 e. The molecule has 0 spiro atoms. The number of hydrogen-bond donors (Lipinski definition) is 0. The second-order valence-electron chi connectivity index (χ2n) is 3.22. The summed E-state index contributed by atoms with van der Waals surface area (Å²) in [5.74, 6) is -0.0735. The molecule has 0 atom stereocenters. The van der Waals surface area contributed by atoms with E-state index in [0.29, 0.717) is 0 Å². The highest BCUT2D eigenvalue weighted by molar-refractivity contribution is 5.82. The van der Waals surface area contributed by atoms with Gasteiger partial charge in [-0.2, -0.15) is 0 Å². The van der Waals surface area contributed by atoms with E-state index in [2.05, 4.69) is 4.99 Å². The Bertz CT molecular complexity index is 397. The lowest BCUT2D eigenvalue weighted by atomic mass is 10.1. The van der Waals surface area contributed by atoms with E-state index in [0.717, 1.165) is 17.0 Å². The lowest BCUT2D eigenvalue weighted by molar-refractivity contribution is -0.154. The average Bonchev–Trinajstić information content (AvgIpc) is 2.67. The van der Waals surface area contributed by atoms with E-state index in [1.165, 1.54) is 0 Å². The maximum atomic E-state index is 5.34. The Labute approximate surface area is 88.5 Å². The molecule has 1 aliphatic rings. The number of benzene rings is 1. The summed E-state index contributed by atoms with van der Waals surface area (Å²) in [6, 6.07) is 5.61. The highest BCUT2D eigenvalue weighted by atomic mass is 16.7. The highest BCUT2D eigenvalue weighted by Gasteiger charge is 2.36. The molecule has 0 unspecified atom stereocenters. The quantitative estimate of drug-likeness (QED) is 0.710. The van der Waals surface area contributed by atoms with Crippen LogP contribution >= 0.6 is 0 Å². The first-order valence-corrected chi connectivity index (χ1v) is 4.60. The SMILES string of the molecule is COc1ccc2c(c1)N=CC2(OC)OC. The summed E-state index contributed by atoms with van der Waals surface area (Å²) in [4.78, 5) is 4.25. The van der Waals surface area contributed by atoms with Crippen molar-refractivity contribution in [3.05, 3.63) is 23.8 Å². The average molecular weight is 207 g/mol. The molecular formula is C11H13NO3. The third kappa shape index (κ3) is 1.42. The summed E-state index contributed by atoms with van der Waals surface area (Å²) < 4.78 is 15.8. The van der Waals surface area contributed by atoms with Crippen molar-refractivity contribution >= 4 is 11.9 Å². The monoisotopic (exact) mass is 207 g/mol. The van der Waals surface area contributed by atoms with E-state index in [-0.39, 0.29) is 0 Å². The molecule has 1 aliphatic heterocycles. The van der Waals surface area contributed by atoms with Gasteiger partial charge in [-0.1, -0.05) is 0 Å². The van der Waals surface area contributed by atoms with Gasteiger partial charge in [-0.05, 0) is 12.1 Å². The second-order valence-corrected chi connectivity index (χ2v) is 3.22. The molecule has 4 heteroatoms. The van der Waals surface area contributed by atoms with Gasteiger partial charge in [-0.3, -0.25) is 4.99 Å². The zero-order valence-corrected chi connectivity index (χ0v) is 8.98. The third-order valence-electron chi connectivity index (χ3n) is 2.56. The summed E-state index contributed by atoms with van der Waals surface area (Å²) in [7, 11) is 4.81. The van der Waals surface area contributed by atoms with Crippen molar-refractivity contribution < 1.29 is 14.2 Å². The molecule has 0 N–H and O–H groups in total. The van der Waals surface area contributed by atoms with Gasteiger partial charge < -0.3 is 14.2 Å². The molecule has 80 valence electrons. The number of methoxy groups -OCH3 is 3. The molecule has 4 nitrogen and oxygen atoms in total. The van der Waals surface area contributed by atoms with E-state index in [9.17, 15) is 0 Å². The van der Waals surface area contributed by atoms with Crippen LogP contribution in [0.25, 0.3) is 0 Å². The van der Waals surface area contributed by atoms with Crippen LogP contribution in [0, 0.1) is 0 Å². The Balaban J connectivity index is 2.48. The third-order valence-corrected chi connectivity index (χ3v) is 2.56. The fourth-order valence-electron chi connectivity index (χ4n) is 1.67. The number of fused-ring (bicyclic) bond motifs is 1. The van der Waals surface area contributed by atoms with Crippen molar-refractivity contribution in [2.24, 2.45) is 4.99 Å². The maximum absolute atomic E-state index is 5.34. The van der Waals surface area contributed by atoms with Gasteiger partial charge in [0.2, 0.25) is 5.79 Å². The molecule has 2 rings (SSSR count). The van der Waals surface area contributed by atoms with Crippen molar-refractivity contribution in [1.29, 1.82) is 0 Å². The molecule has 1 aromatic carbocycles. The van der Waals surface area contributed by atoms with Crippen molar-refractivity contribution in [2.45, 2.75) is 5.79 Å². The van der Waals surface area contributed by atoms with Crippen LogP contribution in [0.3, 0.4) is 0 Å². The predicted octanol–water partition coefficient (Wildman–Crippen LogP) is 1.86. The van der Waals surface area contributed by atoms with Crippen molar-refractivity contribution in [3.63, 3.8) is 0 Å². The van der Waals surface area contributed by atoms with E-state index in [1.54, 1.807) is 27.5 Å². The van der Waals surface area contributed by atoms with Crippen LogP contribution in [0.4, 0.5) is 5.69 Å². The Morgan fingerprint density at radius 1 is 1.13 bits per heavy atom. The minimum atomic E-state index is -0.846. The van der Waals surface area contributed by atoms with E-state index in [1.807, 2.05) is 18.2 Å². The van der Waals surface area contributed by atoms with Crippen LogP contribution in [-0.4, -0.2) is 27.5 Å². The van der Waals surface area contributed by atoms with Gasteiger partial charge in [0.05, 0.1) is 19.0 Å². The predicted molar refractivity (Wildman–Crippen MR) is 56.8 cm³/mol. The van der Waals surface area contributed by atoms with Gasteiger partial charge in [0.25, 0.3) is 0 Å². The smallest absolute Gasteiger partial charge is 0.234 e. The molecule has 1 aromatic rings. The number of aliphatic imine (C=N–C) groups is 1. The van der Waals surface area contributed by atoms with Crippen LogP contribution in [-0.2, 0) is 15.3 Å². The number of nitrogens with zero attached hydrogens (tertiary/aromatic N) is 1. The van der Waals surface area contributed by atoms with Gasteiger partial charge in [0, 0.05) is 25.8 Å². The molecule has 0 radical (unpaired) electrons. The zero-order valence-electron chi connectivity index (χ0n) is 8.98. The first-order valence-electron chi connectivity index (χ1n) is 4.60. The molecule has 15 heavy (non-hydrogen) atoms. The fraction of sp³-hybridized carbons (Fsp3) is 0.364. The van der Waals surface area contributed by atoms with Gasteiger partial charge >= 0.3 is 0 Å². The Kier molecular flexibility index (Phi) is 2.46. The summed E-state index contributed by atoms with van der Waals surface area (Å²) in [6.07, 6.45) is 1.65. The van der Waals surface area contributed by atoms with Crippen LogP contribution in [0.1, 0.15) is 5.56 Å². The van der Waals surface area contributed by atoms with Gasteiger partial charge in [0.1, 0.15) is 5.75 Å². The second kappa shape index (κ2) is 3.64. The normalized spacial score (nSPS) is 16.5. The molecule has 1 heterocycles. The lowest BCUT2D eigenvalue weighted by Gasteiger charge is -2.23. The van der Waals surface area contributed by atoms with Crippen molar-refractivity contribution in [3.8, 4) is 5.75 Å². The van der Waals surface area contributed by atoms with Crippen LogP contribution in [0.2, 0.25) is 0 Å². The summed E-state index contributed by atoms with van der Waals surface area (Å²) in [6.45, 7) is 0. The van der Waals surface area contributed by atoms with Crippen LogP contribution in [0.5, 0.6) is 5.75 Å². The van der Waals surface area contributed by atoms with Crippen molar-refractivity contribution in [2.75, 3.05) is 21.3 Å². The summed E-state index contributed by atoms with van der Waals surface area (Å²) >= 11 is 0. The largest absolute Gasteiger partial charge is 0.497 e. The zero-order chi connectivity index (χ0) is 10.9. The Hall–Kier alpha value is -1.39. The van der Waals surface area contributed by atoms with Gasteiger partial charge in [-0.15, -0.1) is 0 Å². The van der Waals surface area contributed by atoms with E-state index < -0.39 is 5.79 Å². The minimum absolute atomic E-state index is 0.772. The van der Waals surface area contributed by atoms with Crippen LogP contribution < -0.4 is 4.74 Å². The molecule has 0 amide bonds. The molecule has 0 saturated heterocycles. The molecule has 0 aromatic heterocycles. The Morgan fingerprint density at radius 2 is 1.87 bits per heavy atom. The minimum Gasteiger partial charge on any atom is -0.497 e. The lowest BCUT2D eigenvalue weighted by Crippen LogP contribution is -2.29. The molecule has 0 fully saturated rings. The van der Waals surface area contributed by atoms with Crippen LogP contribution in [0.15, 0.2) is 23.2 Å². The molecule has 0 aliphatic carbocycles. The molecule has 0 saturated carbocycles. The highest BCUT2D eigenvalue weighted by Crippen LogP contribution is 2.39. The molecular weight excluding hydrogens is 194 g/mol. The number of hydrogen-bond acceptors (Lipinski definition) is 4. The van der Waals surface area contributed by atoms with E-state index >= 15 is 0 Å². The standard InChI is InChI=1S/C11H13NO3/c1-13-8-4-5-9-10(6-8)12-7-11(9,14-2)15-3/h4-7H,1-3H3. The topological polar surface area (TPSA) is 40.0 Å². The first-order chi connectivity index (χ1) is 7.25. The fourth-order valence-corrected chi connectivity index (χ4v) is 1.67. The molecule has 0 bridgehead atoms.